The van der Waals surface area contributed by atoms with Gasteiger partial charge in [-0.25, -0.2) is 0 Å². The molecule has 1 aromatic carbocycles. The summed E-state index contributed by atoms with van der Waals surface area (Å²) in [6, 6.07) is 8.16. The number of rotatable bonds is 10. The molecule has 0 aliphatic rings. The van der Waals surface area contributed by atoms with Gasteiger partial charge in [0.15, 0.2) is 6.29 Å². The smallest absolute Gasteiger partial charge is 0.151 e. The maximum absolute atomic E-state index is 8.70. The molecular formula is C15H24O3S. The summed E-state index contributed by atoms with van der Waals surface area (Å²) in [5, 5.41) is 17.4. The van der Waals surface area contributed by atoms with Gasteiger partial charge in [0.05, 0.1) is 7.11 Å². The van der Waals surface area contributed by atoms with Crippen LogP contribution < -0.4 is 4.74 Å². The topological polar surface area (TPSA) is 49.7 Å². The molecule has 0 amide bonds. The van der Waals surface area contributed by atoms with E-state index in [1.807, 2.05) is 23.9 Å². The van der Waals surface area contributed by atoms with Crippen molar-refractivity contribution in [2.75, 3.05) is 12.9 Å². The number of benzene rings is 1. The highest BCUT2D eigenvalue weighted by Gasteiger charge is 1.98. The summed E-state index contributed by atoms with van der Waals surface area (Å²) < 4.78 is 5.12. The first-order valence-electron chi connectivity index (χ1n) is 6.85. The SMILES string of the molecule is COc1ccc(SCCCCCCCC(O)O)cc1. The molecule has 0 saturated heterocycles. The van der Waals surface area contributed by atoms with Crippen LogP contribution in [0.3, 0.4) is 0 Å². The van der Waals surface area contributed by atoms with Crippen LogP contribution in [0.25, 0.3) is 0 Å². The van der Waals surface area contributed by atoms with Gasteiger partial charge in [0.25, 0.3) is 0 Å². The molecule has 0 bridgehead atoms. The molecule has 2 N–H and O–H groups in total. The summed E-state index contributed by atoms with van der Waals surface area (Å²) in [6.07, 6.45) is 4.96. The summed E-state index contributed by atoms with van der Waals surface area (Å²) in [7, 11) is 1.68. The lowest BCUT2D eigenvalue weighted by atomic mass is 10.1. The molecule has 0 spiro atoms. The highest BCUT2D eigenvalue weighted by atomic mass is 32.2. The molecule has 19 heavy (non-hydrogen) atoms. The van der Waals surface area contributed by atoms with E-state index < -0.39 is 6.29 Å². The Balaban J connectivity index is 1.98. The van der Waals surface area contributed by atoms with E-state index in [4.69, 9.17) is 14.9 Å². The molecule has 0 saturated carbocycles. The van der Waals surface area contributed by atoms with Gasteiger partial charge < -0.3 is 14.9 Å². The van der Waals surface area contributed by atoms with Crippen LogP contribution >= 0.6 is 11.8 Å². The zero-order chi connectivity index (χ0) is 13.9. The van der Waals surface area contributed by atoms with Crippen LogP contribution in [0.2, 0.25) is 0 Å². The standard InChI is InChI=1S/C15H24O3S/c1-18-13-8-10-14(11-9-13)19-12-6-4-2-3-5-7-15(16)17/h8-11,15-17H,2-7,12H2,1H3. The average Bonchev–Trinajstić information content (AvgIpc) is 2.42. The molecule has 0 radical (unpaired) electrons. The maximum Gasteiger partial charge on any atom is 0.151 e. The van der Waals surface area contributed by atoms with E-state index in [0.717, 1.165) is 24.3 Å². The Morgan fingerprint density at radius 3 is 2.26 bits per heavy atom. The van der Waals surface area contributed by atoms with Gasteiger partial charge in [-0.05, 0) is 49.3 Å². The van der Waals surface area contributed by atoms with E-state index in [9.17, 15) is 0 Å². The Morgan fingerprint density at radius 2 is 1.63 bits per heavy atom. The summed E-state index contributed by atoms with van der Waals surface area (Å²) in [5.41, 5.74) is 0. The quantitative estimate of drug-likeness (QED) is 0.392. The molecule has 108 valence electrons. The van der Waals surface area contributed by atoms with Gasteiger partial charge in [0, 0.05) is 4.90 Å². The Hall–Kier alpha value is -0.710. The van der Waals surface area contributed by atoms with Crippen molar-refractivity contribution >= 4 is 11.8 Å². The van der Waals surface area contributed by atoms with Crippen molar-refractivity contribution in [3.8, 4) is 5.75 Å². The second-order valence-corrected chi connectivity index (χ2v) is 5.73. The van der Waals surface area contributed by atoms with Crippen molar-refractivity contribution in [3.63, 3.8) is 0 Å². The Bertz CT molecular complexity index is 325. The monoisotopic (exact) mass is 284 g/mol. The zero-order valence-corrected chi connectivity index (χ0v) is 12.4. The third kappa shape index (κ3) is 8.14. The van der Waals surface area contributed by atoms with Crippen molar-refractivity contribution in [2.45, 2.75) is 49.7 Å². The lowest BCUT2D eigenvalue weighted by molar-refractivity contribution is -0.0465. The molecule has 1 rings (SSSR count). The third-order valence-electron chi connectivity index (χ3n) is 2.93. The fourth-order valence-corrected chi connectivity index (χ4v) is 2.73. The highest BCUT2D eigenvalue weighted by Crippen LogP contribution is 2.22. The number of thioether (sulfide) groups is 1. The molecule has 1 aromatic rings. The largest absolute Gasteiger partial charge is 0.497 e. The van der Waals surface area contributed by atoms with Crippen LogP contribution in [-0.4, -0.2) is 29.4 Å². The lowest BCUT2D eigenvalue weighted by Crippen LogP contribution is -2.02. The van der Waals surface area contributed by atoms with E-state index in [1.165, 1.54) is 24.2 Å². The molecule has 0 aliphatic heterocycles. The molecule has 0 fully saturated rings. The average molecular weight is 284 g/mol. The minimum atomic E-state index is -1.13. The van der Waals surface area contributed by atoms with E-state index in [0.29, 0.717) is 6.42 Å². The summed E-state index contributed by atoms with van der Waals surface area (Å²) >= 11 is 1.87. The molecular weight excluding hydrogens is 260 g/mol. The van der Waals surface area contributed by atoms with Gasteiger partial charge in [-0.3, -0.25) is 0 Å². The van der Waals surface area contributed by atoms with Crippen LogP contribution in [0.4, 0.5) is 0 Å². The number of ether oxygens (including phenoxy) is 1. The zero-order valence-electron chi connectivity index (χ0n) is 11.5. The normalized spacial score (nSPS) is 10.9. The van der Waals surface area contributed by atoms with Crippen LogP contribution in [-0.2, 0) is 0 Å². The van der Waals surface area contributed by atoms with Gasteiger partial charge >= 0.3 is 0 Å². The number of hydrogen-bond donors (Lipinski definition) is 2. The van der Waals surface area contributed by atoms with Gasteiger partial charge in [-0.2, -0.15) is 0 Å². The minimum Gasteiger partial charge on any atom is -0.497 e. The number of methoxy groups -OCH3 is 1. The first kappa shape index (κ1) is 16.3. The van der Waals surface area contributed by atoms with Crippen LogP contribution in [0, 0.1) is 0 Å². The van der Waals surface area contributed by atoms with Crippen molar-refractivity contribution < 1.29 is 14.9 Å². The minimum absolute atomic E-state index is 0.501. The van der Waals surface area contributed by atoms with Gasteiger partial charge in [-0.15, -0.1) is 11.8 Å². The van der Waals surface area contributed by atoms with E-state index in [-0.39, 0.29) is 0 Å². The van der Waals surface area contributed by atoms with E-state index in [1.54, 1.807) is 7.11 Å². The molecule has 3 nitrogen and oxygen atoms in total. The van der Waals surface area contributed by atoms with Crippen molar-refractivity contribution in [1.29, 1.82) is 0 Å². The highest BCUT2D eigenvalue weighted by molar-refractivity contribution is 7.99. The van der Waals surface area contributed by atoms with Crippen molar-refractivity contribution in [2.24, 2.45) is 0 Å². The number of hydrogen-bond acceptors (Lipinski definition) is 4. The maximum atomic E-state index is 8.70. The van der Waals surface area contributed by atoms with Gasteiger partial charge in [0.1, 0.15) is 5.75 Å². The second kappa shape index (κ2) is 10.1. The first-order valence-corrected chi connectivity index (χ1v) is 7.84. The van der Waals surface area contributed by atoms with Crippen molar-refractivity contribution in [1.82, 2.24) is 0 Å². The molecule has 0 aliphatic carbocycles. The fourth-order valence-electron chi connectivity index (χ4n) is 1.82. The van der Waals surface area contributed by atoms with Crippen LogP contribution in [0.15, 0.2) is 29.2 Å². The number of aliphatic hydroxyl groups excluding tert-OH is 1. The fraction of sp³-hybridized carbons (Fsp3) is 0.600. The summed E-state index contributed by atoms with van der Waals surface area (Å²) in [5.74, 6) is 2.03. The Labute approximate surface area is 120 Å². The second-order valence-electron chi connectivity index (χ2n) is 4.56. The Morgan fingerprint density at radius 1 is 1.00 bits per heavy atom. The number of unbranched alkanes of at least 4 members (excludes halogenated alkanes) is 4. The lowest BCUT2D eigenvalue weighted by Gasteiger charge is -2.04. The predicted octanol–water partition coefficient (Wildman–Crippen LogP) is 3.44. The van der Waals surface area contributed by atoms with Gasteiger partial charge in [-0.1, -0.05) is 19.3 Å². The third-order valence-corrected chi connectivity index (χ3v) is 4.03. The summed E-state index contributed by atoms with van der Waals surface area (Å²) in [6.45, 7) is 0. The molecule has 4 heteroatoms. The first-order chi connectivity index (χ1) is 9.22. The Kier molecular flexibility index (Phi) is 8.71. The predicted molar refractivity (Wildman–Crippen MR) is 79.6 cm³/mol. The molecule has 0 unspecified atom stereocenters. The van der Waals surface area contributed by atoms with Crippen LogP contribution in [0.5, 0.6) is 5.75 Å². The van der Waals surface area contributed by atoms with E-state index >= 15 is 0 Å². The number of aliphatic hydroxyl groups is 2. The van der Waals surface area contributed by atoms with Gasteiger partial charge in [0.2, 0.25) is 0 Å². The van der Waals surface area contributed by atoms with Crippen LogP contribution in [0.1, 0.15) is 38.5 Å². The molecule has 0 aromatic heterocycles. The molecule has 0 atom stereocenters. The molecule has 0 heterocycles. The van der Waals surface area contributed by atoms with Crippen molar-refractivity contribution in [3.05, 3.63) is 24.3 Å². The van der Waals surface area contributed by atoms with E-state index in [2.05, 4.69) is 12.1 Å². The summed E-state index contributed by atoms with van der Waals surface area (Å²) in [4.78, 5) is 1.28.